The lowest BCUT2D eigenvalue weighted by Gasteiger charge is -2.12. The van der Waals surface area contributed by atoms with Gasteiger partial charge in [0, 0.05) is 11.6 Å². The zero-order valence-electron chi connectivity index (χ0n) is 8.43. The zero-order chi connectivity index (χ0) is 12.2. The third-order valence-corrected chi connectivity index (χ3v) is 2.94. The molecule has 0 unspecified atom stereocenters. The molecule has 0 bridgehead atoms. The SMILES string of the molecule is NS(=O)(=O)NCC[C@@H](O)c1ccccc1Cl. The third kappa shape index (κ3) is 4.46. The molecule has 5 nitrogen and oxygen atoms in total. The normalized spacial score (nSPS) is 13.7. The second-order valence-electron chi connectivity index (χ2n) is 3.27. The van der Waals surface area contributed by atoms with Crippen LogP contribution < -0.4 is 9.86 Å². The van der Waals surface area contributed by atoms with Crippen molar-refractivity contribution in [2.75, 3.05) is 6.54 Å². The van der Waals surface area contributed by atoms with Crippen molar-refractivity contribution in [3.05, 3.63) is 34.9 Å². The summed E-state index contributed by atoms with van der Waals surface area (Å²) < 4.78 is 23.2. The average molecular weight is 265 g/mol. The van der Waals surface area contributed by atoms with Gasteiger partial charge in [-0.1, -0.05) is 29.8 Å². The molecule has 0 heterocycles. The Bertz CT molecular complexity index is 450. The molecule has 1 aromatic carbocycles. The van der Waals surface area contributed by atoms with Crippen LogP contribution in [-0.2, 0) is 10.2 Å². The fourth-order valence-electron chi connectivity index (χ4n) is 1.24. The number of aliphatic hydroxyl groups is 1. The Hall–Kier alpha value is -0.660. The van der Waals surface area contributed by atoms with Gasteiger partial charge >= 0.3 is 0 Å². The van der Waals surface area contributed by atoms with E-state index in [-0.39, 0.29) is 13.0 Å². The molecule has 0 aliphatic carbocycles. The zero-order valence-corrected chi connectivity index (χ0v) is 10.0. The summed E-state index contributed by atoms with van der Waals surface area (Å²) in [5.74, 6) is 0. The molecular formula is C9H13ClN2O3S. The standard InChI is InChI=1S/C9H13ClN2O3S/c10-8-4-2-1-3-7(8)9(13)5-6-12-16(11,14)15/h1-4,9,12-13H,5-6H2,(H2,11,14,15)/t9-/m1/s1. The summed E-state index contributed by atoms with van der Waals surface area (Å²) in [6.45, 7) is 0.0607. The van der Waals surface area contributed by atoms with Crippen molar-refractivity contribution in [3.8, 4) is 0 Å². The van der Waals surface area contributed by atoms with E-state index in [0.717, 1.165) is 0 Å². The number of halogens is 1. The number of nitrogens with two attached hydrogens (primary N) is 1. The third-order valence-electron chi connectivity index (χ3n) is 1.99. The van der Waals surface area contributed by atoms with Gasteiger partial charge < -0.3 is 5.11 Å². The van der Waals surface area contributed by atoms with Crippen LogP contribution in [0.1, 0.15) is 18.1 Å². The van der Waals surface area contributed by atoms with E-state index in [0.29, 0.717) is 10.6 Å². The van der Waals surface area contributed by atoms with Gasteiger partial charge in [-0.3, -0.25) is 0 Å². The topological polar surface area (TPSA) is 92.4 Å². The lowest BCUT2D eigenvalue weighted by atomic mass is 10.1. The van der Waals surface area contributed by atoms with E-state index in [2.05, 4.69) is 4.72 Å². The van der Waals surface area contributed by atoms with Crippen molar-refractivity contribution in [3.63, 3.8) is 0 Å². The molecule has 0 aliphatic rings. The van der Waals surface area contributed by atoms with E-state index in [1.165, 1.54) is 0 Å². The summed E-state index contributed by atoms with van der Waals surface area (Å²) >= 11 is 5.86. The quantitative estimate of drug-likeness (QED) is 0.725. The fraction of sp³-hybridized carbons (Fsp3) is 0.333. The minimum Gasteiger partial charge on any atom is -0.388 e. The number of benzene rings is 1. The van der Waals surface area contributed by atoms with Crippen molar-refractivity contribution in [1.82, 2.24) is 4.72 Å². The maximum atomic E-state index is 10.6. The first kappa shape index (κ1) is 13.4. The van der Waals surface area contributed by atoms with Gasteiger partial charge in [-0.05, 0) is 18.1 Å². The molecule has 0 aromatic heterocycles. The van der Waals surface area contributed by atoms with Crippen LogP contribution in [0.2, 0.25) is 5.02 Å². The summed E-state index contributed by atoms with van der Waals surface area (Å²) in [5, 5.41) is 14.9. The molecule has 4 N–H and O–H groups in total. The second kappa shape index (κ2) is 5.60. The summed E-state index contributed by atoms with van der Waals surface area (Å²) in [7, 11) is -3.71. The molecule has 1 atom stereocenters. The molecule has 0 amide bonds. The summed E-state index contributed by atoms with van der Waals surface area (Å²) in [4.78, 5) is 0. The number of nitrogens with one attached hydrogen (secondary N) is 1. The Balaban J connectivity index is 2.54. The van der Waals surface area contributed by atoms with E-state index >= 15 is 0 Å². The van der Waals surface area contributed by atoms with Crippen LogP contribution in [0.5, 0.6) is 0 Å². The van der Waals surface area contributed by atoms with E-state index in [1.807, 2.05) is 0 Å². The lowest BCUT2D eigenvalue weighted by molar-refractivity contribution is 0.169. The van der Waals surface area contributed by atoms with Gasteiger partial charge in [-0.2, -0.15) is 8.42 Å². The van der Waals surface area contributed by atoms with Gasteiger partial charge in [0.15, 0.2) is 0 Å². The molecule has 16 heavy (non-hydrogen) atoms. The van der Waals surface area contributed by atoms with Crippen LogP contribution in [0.15, 0.2) is 24.3 Å². The molecule has 0 saturated heterocycles. The predicted octanol–water partition coefficient (Wildman–Crippen LogP) is 0.557. The van der Waals surface area contributed by atoms with Crippen molar-refractivity contribution in [2.24, 2.45) is 5.14 Å². The Morgan fingerprint density at radius 3 is 2.62 bits per heavy atom. The van der Waals surface area contributed by atoms with Gasteiger partial charge in [-0.15, -0.1) is 0 Å². The monoisotopic (exact) mass is 264 g/mol. The average Bonchev–Trinajstić information content (AvgIpc) is 2.16. The fourth-order valence-corrected chi connectivity index (χ4v) is 1.90. The van der Waals surface area contributed by atoms with Crippen LogP contribution in [0.25, 0.3) is 0 Å². The van der Waals surface area contributed by atoms with Crippen LogP contribution in [0.4, 0.5) is 0 Å². The van der Waals surface area contributed by atoms with Gasteiger partial charge in [0.25, 0.3) is 10.2 Å². The first-order valence-electron chi connectivity index (χ1n) is 4.60. The Labute approximate surface area is 99.4 Å². The Kier molecular flexibility index (Phi) is 4.69. The molecule has 1 aromatic rings. The van der Waals surface area contributed by atoms with Crippen molar-refractivity contribution in [1.29, 1.82) is 0 Å². The molecule has 0 radical (unpaired) electrons. The van der Waals surface area contributed by atoms with E-state index in [1.54, 1.807) is 24.3 Å². The van der Waals surface area contributed by atoms with Crippen molar-refractivity contribution >= 4 is 21.8 Å². The van der Waals surface area contributed by atoms with Gasteiger partial charge in [0.05, 0.1) is 6.10 Å². The number of hydrogen-bond acceptors (Lipinski definition) is 3. The molecule has 0 fully saturated rings. The largest absolute Gasteiger partial charge is 0.388 e. The van der Waals surface area contributed by atoms with Crippen molar-refractivity contribution in [2.45, 2.75) is 12.5 Å². The van der Waals surface area contributed by atoms with Crippen LogP contribution in [0, 0.1) is 0 Å². The smallest absolute Gasteiger partial charge is 0.274 e. The Morgan fingerprint density at radius 2 is 2.06 bits per heavy atom. The highest BCUT2D eigenvalue weighted by Gasteiger charge is 2.11. The minimum absolute atomic E-state index is 0.0607. The highest BCUT2D eigenvalue weighted by atomic mass is 35.5. The first-order chi connectivity index (χ1) is 7.40. The molecule has 1 rings (SSSR count). The Morgan fingerprint density at radius 1 is 1.44 bits per heavy atom. The van der Waals surface area contributed by atoms with Gasteiger partial charge in [0.1, 0.15) is 0 Å². The molecule has 0 saturated carbocycles. The molecule has 90 valence electrons. The molecule has 0 spiro atoms. The van der Waals surface area contributed by atoms with E-state index in [4.69, 9.17) is 16.7 Å². The van der Waals surface area contributed by atoms with E-state index < -0.39 is 16.3 Å². The molecule has 0 aliphatic heterocycles. The van der Waals surface area contributed by atoms with Crippen molar-refractivity contribution < 1.29 is 13.5 Å². The molecule has 7 heteroatoms. The number of aliphatic hydroxyl groups excluding tert-OH is 1. The maximum Gasteiger partial charge on any atom is 0.274 e. The summed E-state index contributed by atoms with van der Waals surface area (Å²) in [6, 6.07) is 6.84. The maximum absolute atomic E-state index is 10.6. The van der Waals surface area contributed by atoms with E-state index in [9.17, 15) is 13.5 Å². The van der Waals surface area contributed by atoms with Gasteiger partial charge in [-0.25, -0.2) is 9.86 Å². The number of rotatable bonds is 5. The molecular weight excluding hydrogens is 252 g/mol. The van der Waals surface area contributed by atoms with Crippen LogP contribution in [0.3, 0.4) is 0 Å². The highest BCUT2D eigenvalue weighted by Crippen LogP contribution is 2.24. The van der Waals surface area contributed by atoms with Crippen LogP contribution >= 0.6 is 11.6 Å². The predicted molar refractivity (Wildman–Crippen MR) is 62.1 cm³/mol. The summed E-state index contributed by atoms with van der Waals surface area (Å²) in [6.07, 6.45) is -0.608. The second-order valence-corrected chi connectivity index (χ2v) is 5.05. The summed E-state index contributed by atoms with van der Waals surface area (Å²) in [5.41, 5.74) is 0.570. The number of hydrogen-bond donors (Lipinski definition) is 3. The lowest BCUT2D eigenvalue weighted by Crippen LogP contribution is -2.32. The highest BCUT2D eigenvalue weighted by molar-refractivity contribution is 7.87. The van der Waals surface area contributed by atoms with Crippen LogP contribution in [-0.4, -0.2) is 20.1 Å². The minimum atomic E-state index is -3.71. The first-order valence-corrected chi connectivity index (χ1v) is 6.52. The van der Waals surface area contributed by atoms with Gasteiger partial charge in [0.2, 0.25) is 0 Å².